The molecule has 0 spiro atoms. The molecule has 16 heavy (non-hydrogen) atoms. The molecule has 1 nitrogen and oxygen atoms in total. The zero-order valence-corrected chi connectivity index (χ0v) is 11.7. The monoisotopic (exact) mass is 241 g/mol. The molecule has 0 aromatic heterocycles. The van der Waals surface area contributed by atoms with Crippen molar-refractivity contribution in [2.75, 3.05) is 12.8 Å². The summed E-state index contributed by atoms with van der Waals surface area (Å²) in [7, 11) is 0. The normalized spacial score (nSPS) is 40.1. The van der Waals surface area contributed by atoms with Gasteiger partial charge in [0.1, 0.15) is 0 Å². The van der Waals surface area contributed by atoms with Crippen LogP contribution in [0.25, 0.3) is 0 Å². The molecule has 0 bridgehead atoms. The maximum atomic E-state index is 3.85. The van der Waals surface area contributed by atoms with Gasteiger partial charge in [-0.3, -0.25) is 0 Å². The summed E-state index contributed by atoms with van der Waals surface area (Å²) in [4.78, 5) is 0. The van der Waals surface area contributed by atoms with E-state index in [9.17, 15) is 0 Å². The fourth-order valence-corrected chi connectivity index (χ4v) is 4.26. The highest BCUT2D eigenvalue weighted by molar-refractivity contribution is 7.99. The average molecular weight is 241 g/mol. The Balaban J connectivity index is 1.67. The van der Waals surface area contributed by atoms with Gasteiger partial charge in [-0.2, -0.15) is 11.8 Å². The molecule has 2 rings (SSSR count). The maximum absolute atomic E-state index is 3.85. The van der Waals surface area contributed by atoms with Crippen LogP contribution in [0.15, 0.2) is 0 Å². The number of nitrogens with one attached hydrogen (secondary N) is 1. The first kappa shape index (κ1) is 12.8. The number of rotatable bonds is 4. The van der Waals surface area contributed by atoms with Gasteiger partial charge >= 0.3 is 0 Å². The predicted molar refractivity (Wildman–Crippen MR) is 74.1 cm³/mol. The van der Waals surface area contributed by atoms with E-state index in [1.165, 1.54) is 51.5 Å². The van der Waals surface area contributed by atoms with Gasteiger partial charge < -0.3 is 5.32 Å². The molecule has 1 N–H and O–H groups in total. The van der Waals surface area contributed by atoms with E-state index < -0.39 is 0 Å². The lowest BCUT2D eigenvalue weighted by Crippen LogP contribution is -2.38. The summed E-state index contributed by atoms with van der Waals surface area (Å²) in [5.74, 6) is 1.96. The molecule has 2 aliphatic rings. The summed E-state index contributed by atoms with van der Waals surface area (Å²) < 4.78 is 0. The molecule has 0 amide bonds. The van der Waals surface area contributed by atoms with Gasteiger partial charge in [0.15, 0.2) is 0 Å². The van der Waals surface area contributed by atoms with Crippen molar-refractivity contribution >= 4 is 11.8 Å². The van der Waals surface area contributed by atoms with Crippen LogP contribution in [0, 0.1) is 11.8 Å². The molecule has 2 unspecified atom stereocenters. The highest BCUT2D eigenvalue weighted by Crippen LogP contribution is 2.30. The van der Waals surface area contributed by atoms with Crippen molar-refractivity contribution in [3.8, 4) is 0 Å². The van der Waals surface area contributed by atoms with Gasteiger partial charge in [0.05, 0.1) is 0 Å². The topological polar surface area (TPSA) is 12.0 Å². The summed E-state index contributed by atoms with van der Waals surface area (Å²) in [6, 6.07) is 0.814. The predicted octanol–water partition coefficient (Wildman–Crippen LogP) is 3.69. The van der Waals surface area contributed by atoms with Gasteiger partial charge in [0.25, 0.3) is 0 Å². The first-order valence-electron chi connectivity index (χ1n) is 7.05. The Morgan fingerprint density at radius 2 is 1.81 bits per heavy atom. The van der Waals surface area contributed by atoms with Gasteiger partial charge in [0, 0.05) is 11.3 Å². The highest BCUT2D eigenvalue weighted by Gasteiger charge is 2.27. The van der Waals surface area contributed by atoms with Crippen LogP contribution in [0.3, 0.4) is 0 Å². The molecule has 2 heteroatoms. The second kappa shape index (κ2) is 6.30. The van der Waals surface area contributed by atoms with E-state index in [1.54, 1.807) is 0 Å². The standard InChI is InChI=1S/C14H27NS/c1-11-6-8-12(9-7-11)10-15-13-4-3-5-14(13)16-2/h11-15H,3-10H2,1-2H3. The lowest BCUT2D eigenvalue weighted by atomic mass is 9.83. The van der Waals surface area contributed by atoms with Crippen LogP contribution in [0.5, 0.6) is 0 Å². The van der Waals surface area contributed by atoms with E-state index in [2.05, 4.69) is 30.3 Å². The fraction of sp³-hybridized carbons (Fsp3) is 1.00. The molecule has 2 fully saturated rings. The second-order valence-corrected chi connectivity index (χ2v) is 6.92. The zero-order valence-electron chi connectivity index (χ0n) is 10.9. The highest BCUT2D eigenvalue weighted by atomic mass is 32.2. The zero-order chi connectivity index (χ0) is 11.4. The Hall–Kier alpha value is 0.310. The molecular formula is C14H27NS. The van der Waals surface area contributed by atoms with E-state index >= 15 is 0 Å². The number of hydrogen-bond donors (Lipinski definition) is 1. The van der Waals surface area contributed by atoms with Gasteiger partial charge in [-0.1, -0.05) is 26.2 Å². The van der Waals surface area contributed by atoms with Crippen molar-refractivity contribution in [2.45, 2.75) is 63.2 Å². The fourth-order valence-electron chi connectivity index (χ4n) is 3.29. The van der Waals surface area contributed by atoms with Crippen molar-refractivity contribution in [2.24, 2.45) is 11.8 Å². The van der Waals surface area contributed by atoms with Crippen molar-refractivity contribution < 1.29 is 0 Å². The molecule has 2 saturated carbocycles. The van der Waals surface area contributed by atoms with Crippen LogP contribution in [-0.2, 0) is 0 Å². The van der Waals surface area contributed by atoms with Gasteiger partial charge in [-0.15, -0.1) is 0 Å². The number of thioether (sulfide) groups is 1. The smallest absolute Gasteiger partial charge is 0.0198 e. The maximum Gasteiger partial charge on any atom is 0.0198 e. The SMILES string of the molecule is CSC1CCCC1NCC1CCC(C)CC1. The Morgan fingerprint density at radius 1 is 1.06 bits per heavy atom. The molecule has 94 valence electrons. The van der Waals surface area contributed by atoms with Crippen molar-refractivity contribution in [1.82, 2.24) is 5.32 Å². The Kier molecular flexibility index (Phi) is 5.02. The first-order chi connectivity index (χ1) is 7.79. The van der Waals surface area contributed by atoms with Crippen molar-refractivity contribution in [1.29, 1.82) is 0 Å². The quantitative estimate of drug-likeness (QED) is 0.805. The number of hydrogen-bond acceptors (Lipinski definition) is 2. The summed E-state index contributed by atoms with van der Waals surface area (Å²) in [5.41, 5.74) is 0. The van der Waals surface area contributed by atoms with Crippen LogP contribution >= 0.6 is 11.8 Å². The van der Waals surface area contributed by atoms with Crippen LogP contribution < -0.4 is 5.32 Å². The van der Waals surface area contributed by atoms with Crippen LogP contribution in [0.4, 0.5) is 0 Å². The average Bonchev–Trinajstić information content (AvgIpc) is 2.76. The van der Waals surface area contributed by atoms with Gasteiger partial charge in [-0.25, -0.2) is 0 Å². The molecule has 0 aliphatic heterocycles. The van der Waals surface area contributed by atoms with Crippen LogP contribution in [0.1, 0.15) is 51.9 Å². The van der Waals surface area contributed by atoms with E-state index in [0.29, 0.717) is 0 Å². The van der Waals surface area contributed by atoms with E-state index in [1.807, 2.05) is 0 Å². The minimum absolute atomic E-state index is 0.814. The molecule has 0 saturated heterocycles. The van der Waals surface area contributed by atoms with Gasteiger partial charge in [-0.05, 0) is 50.3 Å². The summed E-state index contributed by atoms with van der Waals surface area (Å²) in [6.45, 7) is 3.69. The third-order valence-electron chi connectivity index (χ3n) is 4.56. The lowest BCUT2D eigenvalue weighted by Gasteiger charge is -2.28. The molecule has 2 atom stereocenters. The summed E-state index contributed by atoms with van der Waals surface area (Å²) >= 11 is 2.07. The van der Waals surface area contributed by atoms with E-state index in [-0.39, 0.29) is 0 Å². The minimum atomic E-state index is 0.814. The third-order valence-corrected chi connectivity index (χ3v) is 5.73. The molecular weight excluding hydrogens is 214 g/mol. The molecule has 0 radical (unpaired) electrons. The van der Waals surface area contributed by atoms with E-state index in [0.717, 1.165) is 23.1 Å². The van der Waals surface area contributed by atoms with Crippen molar-refractivity contribution in [3.05, 3.63) is 0 Å². The van der Waals surface area contributed by atoms with Crippen molar-refractivity contribution in [3.63, 3.8) is 0 Å². The Morgan fingerprint density at radius 3 is 2.50 bits per heavy atom. The third kappa shape index (κ3) is 3.40. The lowest BCUT2D eigenvalue weighted by molar-refractivity contribution is 0.274. The molecule has 0 aromatic rings. The minimum Gasteiger partial charge on any atom is -0.313 e. The molecule has 0 heterocycles. The summed E-state index contributed by atoms with van der Waals surface area (Å²) in [5, 5.41) is 4.74. The van der Waals surface area contributed by atoms with Crippen LogP contribution in [-0.4, -0.2) is 24.1 Å². The first-order valence-corrected chi connectivity index (χ1v) is 8.34. The Bertz CT molecular complexity index is 199. The van der Waals surface area contributed by atoms with Crippen LogP contribution in [0.2, 0.25) is 0 Å². The Labute approximate surface area is 105 Å². The molecule has 2 aliphatic carbocycles. The summed E-state index contributed by atoms with van der Waals surface area (Å²) in [6.07, 6.45) is 12.4. The van der Waals surface area contributed by atoms with E-state index in [4.69, 9.17) is 0 Å². The van der Waals surface area contributed by atoms with Gasteiger partial charge in [0.2, 0.25) is 0 Å². The second-order valence-electron chi connectivity index (χ2n) is 5.85. The largest absolute Gasteiger partial charge is 0.313 e. The molecule has 0 aromatic carbocycles.